The highest BCUT2D eigenvalue weighted by Gasteiger charge is 2.31. The van der Waals surface area contributed by atoms with E-state index in [9.17, 15) is 19.2 Å². The largest absolute Gasteiger partial charge is 0.372 e. The van der Waals surface area contributed by atoms with Gasteiger partial charge in [0.15, 0.2) is 0 Å². The summed E-state index contributed by atoms with van der Waals surface area (Å²) in [6.45, 7) is 9.18. The number of carbonyl (C=O) groups excluding carboxylic acids is 4. The fraction of sp³-hybridized carbons (Fsp3) is 0.793. The molecule has 1 aliphatic rings. The Morgan fingerprint density at radius 2 is 1.29 bits per heavy atom. The number of rotatable bonds is 12. The lowest BCUT2D eigenvalue weighted by atomic mass is 10.1. The zero-order valence-corrected chi connectivity index (χ0v) is 27.3. The third-order valence-corrected chi connectivity index (χ3v) is 7.34. The molecule has 0 radical (unpaired) electrons. The Bertz CT molecular complexity index is 867. The standard InChI is InChI=1S/C29H56N8O5/c1-10-25(42-19-12-26(38)31(2)3)24-20-36(22-28(40)33(6)7)18-17-35(21-27(39)32(4)5)15-11-13-30-14-16-37(24)23-29(41)34(8)9/h10,24-25,30H,1,11-23H2,2-9H3. The molecule has 13 heteroatoms. The average molecular weight is 597 g/mol. The van der Waals surface area contributed by atoms with Crippen LogP contribution in [0.15, 0.2) is 12.7 Å². The molecule has 1 fully saturated rings. The minimum absolute atomic E-state index is 0.0295. The van der Waals surface area contributed by atoms with Crippen LogP contribution < -0.4 is 5.32 Å². The minimum Gasteiger partial charge on any atom is -0.372 e. The Morgan fingerprint density at radius 3 is 1.83 bits per heavy atom. The normalized spacial score (nSPS) is 19.0. The summed E-state index contributed by atoms with van der Waals surface area (Å²) in [6, 6.07) is -0.324. The zero-order valence-electron chi connectivity index (χ0n) is 27.3. The molecule has 0 aromatic heterocycles. The van der Waals surface area contributed by atoms with E-state index < -0.39 is 6.10 Å². The maximum Gasteiger partial charge on any atom is 0.236 e. The molecule has 0 aliphatic carbocycles. The van der Waals surface area contributed by atoms with E-state index in [0.717, 1.165) is 19.5 Å². The number of carbonyl (C=O) groups is 4. The topological polar surface area (TPSA) is 112 Å². The molecule has 0 aromatic carbocycles. The van der Waals surface area contributed by atoms with Gasteiger partial charge in [-0.2, -0.15) is 0 Å². The number of amides is 4. The second-order valence-corrected chi connectivity index (χ2v) is 11.6. The van der Waals surface area contributed by atoms with Gasteiger partial charge in [0.2, 0.25) is 23.6 Å². The molecule has 0 bridgehead atoms. The highest BCUT2D eigenvalue weighted by Crippen LogP contribution is 2.15. The van der Waals surface area contributed by atoms with Crippen LogP contribution in [0.1, 0.15) is 12.8 Å². The Balaban J connectivity index is 3.40. The number of likely N-dealkylation sites (N-methyl/N-ethyl adjacent to an activating group) is 3. The maximum atomic E-state index is 13.0. The summed E-state index contributed by atoms with van der Waals surface area (Å²) in [6.07, 6.45) is 2.30. The number of hydrogen-bond donors (Lipinski definition) is 1. The zero-order chi connectivity index (χ0) is 31.8. The molecule has 242 valence electrons. The van der Waals surface area contributed by atoms with Gasteiger partial charge in [0, 0.05) is 89.1 Å². The highest BCUT2D eigenvalue weighted by molar-refractivity contribution is 5.78. The molecule has 42 heavy (non-hydrogen) atoms. The van der Waals surface area contributed by atoms with E-state index in [2.05, 4.69) is 26.6 Å². The summed E-state index contributed by atoms with van der Waals surface area (Å²) in [4.78, 5) is 63.2. The molecule has 13 nitrogen and oxygen atoms in total. The van der Waals surface area contributed by atoms with Crippen LogP contribution in [-0.4, -0.2) is 199 Å². The fourth-order valence-electron chi connectivity index (χ4n) is 4.44. The van der Waals surface area contributed by atoms with E-state index in [1.54, 1.807) is 77.2 Å². The van der Waals surface area contributed by atoms with Crippen LogP contribution in [0.25, 0.3) is 0 Å². The second-order valence-electron chi connectivity index (χ2n) is 11.6. The predicted octanol–water partition coefficient (Wildman–Crippen LogP) is -1.43. The number of hydrogen-bond acceptors (Lipinski definition) is 9. The van der Waals surface area contributed by atoms with Gasteiger partial charge in [-0.3, -0.25) is 33.9 Å². The van der Waals surface area contributed by atoms with Crippen molar-refractivity contribution in [3.8, 4) is 0 Å². The third-order valence-electron chi connectivity index (χ3n) is 7.34. The van der Waals surface area contributed by atoms with Gasteiger partial charge < -0.3 is 29.7 Å². The van der Waals surface area contributed by atoms with Gasteiger partial charge in [0.05, 0.1) is 44.8 Å². The van der Waals surface area contributed by atoms with Crippen molar-refractivity contribution in [1.82, 2.24) is 39.6 Å². The van der Waals surface area contributed by atoms with Gasteiger partial charge in [0.1, 0.15) is 0 Å². The fourth-order valence-corrected chi connectivity index (χ4v) is 4.44. The van der Waals surface area contributed by atoms with Crippen LogP contribution >= 0.6 is 0 Å². The quantitative estimate of drug-likeness (QED) is 0.271. The first-order chi connectivity index (χ1) is 19.8. The van der Waals surface area contributed by atoms with Gasteiger partial charge in [-0.25, -0.2) is 0 Å². The summed E-state index contributed by atoms with van der Waals surface area (Å²) < 4.78 is 6.24. The molecule has 4 amide bonds. The summed E-state index contributed by atoms with van der Waals surface area (Å²) >= 11 is 0. The first-order valence-corrected chi connectivity index (χ1v) is 14.7. The van der Waals surface area contributed by atoms with Crippen molar-refractivity contribution in [1.29, 1.82) is 0 Å². The second kappa shape index (κ2) is 19.6. The summed E-state index contributed by atoms with van der Waals surface area (Å²) in [5.74, 6) is -0.0950. The van der Waals surface area contributed by atoms with E-state index in [1.165, 1.54) is 4.90 Å². The van der Waals surface area contributed by atoms with Crippen molar-refractivity contribution in [2.24, 2.45) is 0 Å². The van der Waals surface area contributed by atoms with Crippen molar-refractivity contribution >= 4 is 23.6 Å². The third kappa shape index (κ3) is 14.1. The maximum absolute atomic E-state index is 13.0. The smallest absolute Gasteiger partial charge is 0.236 e. The number of nitrogens with zero attached hydrogens (tertiary/aromatic N) is 7. The molecular weight excluding hydrogens is 540 g/mol. The summed E-state index contributed by atoms with van der Waals surface area (Å²) in [5, 5.41) is 3.48. The van der Waals surface area contributed by atoms with E-state index in [4.69, 9.17) is 4.74 Å². The lowest BCUT2D eigenvalue weighted by molar-refractivity contribution is -0.133. The van der Waals surface area contributed by atoms with Crippen LogP contribution in [0.4, 0.5) is 0 Å². The molecule has 2 atom stereocenters. The van der Waals surface area contributed by atoms with Crippen LogP contribution in [0.3, 0.4) is 0 Å². The molecule has 0 saturated carbocycles. The number of nitrogens with one attached hydrogen (secondary N) is 1. The SMILES string of the molecule is C=CC(OCCC(=O)N(C)C)C1CN(CC(=O)N(C)C)CCN(CC(=O)N(C)C)CCCNCCN1CC(=O)N(C)C. The van der Waals surface area contributed by atoms with Gasteiger partial charge in [-0.1, -0.05) is 6.08 Å². The molecule has 0 spiro atoms. The van der Waals surface area contributed by atoms with Crippen LogP contribution in [0, 0.1) is 0 Å². The Labute approximate surface area is 253 Å². The van der Waals surface area contributed by atoms with E-state index in [-0.39, 0.29) is 55.8 Å². The lowest BCUT2D eigenvalue weighted by Crippen LogP contribution is -2.56. The Morgan fingerprint density at radius 1 is 0.762 bits per heavy atom. The number of ether oxygens (including phenoxy) is 1. The average Bonchev–Trinajstić information content (AvgIpc) is 2.93. The Hall–Kier alpha value is -2.58. The molecular formula is C29H56N8O5. The monoisotopic (exact) mass is 596 g/mol. The lowest BCUT2D eigenvalue weighted by Gasteiger charge is -2.39. The Kier molecular flexibility index (Phi) is 17.5. The van der Waals surface area contributed by atoms with Crippen LogP contribution in [0.2, 0.25) is 0 Å². The van der Waals surface area contributed by atoms with E-state index >= 15 is 0 Å². The van der Waals surface area contributed by atoms with Crippen molar-refractivity contribution in [2.45, 2.75) is 25.0 Å². The van der Waals surface area contributed by atoms with Gasteiger partial charge in [0.25, 0.3) is 0 Å². The van der Waals surface area contributed by atoms with Crippen LogP contribution in [-0.2, 0) is 23.9 Å². The molecule has 1 saturated heterocycles. The molecule has 1 heterocycles. The molecule has 2 unspecified atom stereocenters. The molecule has 1 N–H and O–H groups in total. The van der Waals surface area contributed by atoms with Gasteiger partial charge in [-0.05, 0) is 19.5 Å². The molecule has 1 rings (SSSR count). The first-order valence-electron chi connectivity index (χ1n) is 14.7. The van der Waals surface area contributed by atoms with Crippen molar-refractivity contribution in [3.05, 3.63) is 12.7 Å². The first kappa shape index (κ1) is 37.4. The van der Waals surface area contributed by atoms with Crippen molar-refractivity contribution < 1.29 is 23.9 Å². The van der Waals surface area contributed by atoms with Crippen molar-refractivity contribution in [2.75, 3.05) is 128 Å². The molecule has 0 aromatic rings. The van der Waals surface area contributed by atoms with Gasteiger partial charge in [-0.15, -0.1) is 6.58 Å². The minimum atomic E-state index is -0.497. The predicted molar refractivity (Wildman–Crippen MR) is 165 cm³/mol. The van der Waals surface area contributed by atoms with Gasteiger partial charge >= 0.3 is 0 Å². The van der Waals surface area contributed by atoms with E-state index in [0.29, 0.717) is 39.3 Å². The van der Waals surface area contributed by atoms with Crippen molar-refractivity contribution in [3.63, 3.8) is 0 Å². The molecule has 1 aliphatic heterocycles. The summed E-state index contributed by atoms with van der Waals surface area (Å²) in [5.41, 5.74) is 0. The highest BCUT2D eigenvalue weighted by atomic mass is 16.5. The van der Waals surface area contributed by atoms with Crippen LogP contribution in [0.5, 0.6) is 0 Å². The summed E-state index contributed by atoms with van der Waals surface area (Å²) in [7, 11) is 13.8. The van der Waals surface area contributed by atoms with E-state index in [1.807, 2.05) is 0 Å².